The number of hydrogen-bond donors (Lipinski definition) is 0. The van der Waals surface area contributed by atoms with E-state index in [1.807, 2.05) is 52.0 Å². The zero-order valence-electron chi connectivity index (χ0n) is 12.6. The van der Waals surface area contributed by atoms with E-state index in [4.69, 9.17) is 27.9 Å². The van der Waals surface area contributed by atoms with Gasteiger partial charge in [0.05, 0.1) is 5.56 Å². The number of rotatable bonds is 4. The number of benzene rings is 1. The third-order valence-electron chi connectivity index (χ3n) is 3.17. The van der Waals surface area contributed by atoms with Crippen LogP contribution in [0.2, 0.25) is 10.3 Å². The predicted molar refractivity (Wildman–Crippen MR) is 86.9 cm³/mol. The summed E-state index contributed by atoms with van der Waals surface area (Å²) >= 11 is 12.7. The maximum absolute atomic E-state index is 6.34. The van der Waals surface area contributed by atoms with Crippen molar-refractivity contribution >= 4 is 23.2 Å². The molecule has 0 amide bonds. The molecule has 0 saturated carbocycles. The van der Waals surface area contributed by atoms with Gasteiger partial charge in [-0.15, -0.1) is 0 Å². The van der Waals surface area contributed by atoms with Gasteiger partial charge in [-0.05, 0) is 33.3 Å². The lowest BCUT2D eigenvalue weighted by Gasteiger charge is -2.23. The van der Waals surface area contributed by atoms with E-state index < -0.39 is 5.60 Å². The van der Waals surface area contributed by atoms with Crippen molar-refractivity contribution in [2.24, 2.45) is 0 Å². The largest absolute Gasteiger partial charge is 0.368 e. The molecule has 0 aliphatic heterocycles. The quantitative estimate of drug-likeness (QED) is 0.740. The summed E-state index contributed by atoms with van der Waals surface area (Å²) in [4.78, 5) is 8.75. The minimum atomic E-state index is -0.632. The summed E-state index contributed by atoms with van der Waals surface area (Å²) in [7, 11) is 0. The second-order valence-corrected chi connectivity index (χ2v) is 6.03. The van der Waals surface area contributed by atoms with E-state index in [1.165, 1.54) is 0 Å². The van der Waals surface area contributed by atoms with Crippen molar-refractivity contribution < 1.29 is 4.74 Å². The fourth-order valence-electron chi connectivity index (χ4n) is 2.14. The minimum absolute atomic E-state index is 0.336. The molecule has 0 spiro atoms. The molecule has 0 radical (unpaired) electrons. The van der Waals surface area contributed by atoms with Crippen LogP contribution in [0.25, 0.3) is 11.1 Å². The summed E-state index contributed by atoms with van der Waals surface area (Å²) in [6.07, 6.45) is 0. The lowest BCUT2D eigenvalue weighted by molar-refractivity contribution is -0.0207. The number of hydrogen-bond acceptors (Lipinski definition) is 3. The highest BCUT2D eigenvalue weighted by Gasteiger charge is 2.27. The highest BCUT2D eigenvalue weighted by molar-refractivity contribution is 6.37. The summed E-state index contributed by atoms with van der Waals surface area (Å²) in [5.74, 6) is 0.482. The molecule has 1 aromatic heterocycles. The van der Waals surface area contributed by atoms with Gasteiger partial charge >= 0.3 is 0 Å². The van der Waals surface area contributed by atoms with Crippen LogP contribution in [-0.2, 0) is 10.3 Å². The maximum Gasteiger partial charge on any atom is 0.163 e. The smallest absolute Gasteiger partial charge is 0.163 e. The van der Waals surface area contributed by atoms with Gasteiger partial charge in [0.2, 0.25) is 0 Å². The lowest BCUT2D eigenvalue weighted by atomic mass is 10.1. The van der Waals surface area contributed by atoms with Crippen molar-refractivity contribution in [1.82, 2.24) is 9.97 Å². The molecular formula is C16H18Cl2N2O. The molecule has 5 heteroatoms. The summed E-state index contributed by atoms with van der Waals surface area (Å²) in [6, 6.07) is 7.91. The van der Waals surface area contributed by atoms with Crippen molar-refractivity contribution in [3.05, 3.63) is 46.0 Å². The van der Waals surface area contributed by atoms with Crippen molar-refractivity contribution in [1.29, 1.82) is 0 Å². The normalized spacial score (nSPS) is 11.7. The van der Waals surface area contributed by atoms with Gasteiger partial charge < -0.3 is 4.74 Å². The Balaban J connectivity index is 2.52. The van der Waals surface area contributed by atoms with Gasteiger partial charge in [0, 0.05) is 6.61 Å². The Morgan fingerprint density at radius 2 is 1.76 bits per heavy atom. The van der Waals surface area contributed by atoms with E-state index in [0.29, 0.717) is 28.3 Å². The van der Waals surface area contributed by atoms with Crippen LogP contribution >= 0.6 is 23.2 Å². The third kappa shape index (κ3) is 3.54. The molecule has 2 aromatic rings. The Morgan fingerprint density at radius 3 is 2.29 bits per heavy atom. The lowest BCUT2D eigenvalue weighted by Crippen LogP contribution is -2.25. The monoisotopic (exact) mass is 324 g/mol. The van der Waals surface area contributed by atoms with Crippen LogP contribution in [0.5, 0.6) is 0 Å². The van der Waals surface area contributed by atoms with Crippen LogP contribution in [0.1, 0.15) is 32.2 Å². The Kier molecular flexibility index (Phi) is 4.87. The fourth-order valence-corrected chi connectivity index (χ4v) is 2.75. The van der Waals surface area contributed by atoms with Gasteiger partial charge in [0.25, 0.3) is 0 Å². The molecular weight excluding hydrogens is 307 g/mol. The number of nitrogens with zero attached hydrogens (tertiary/aromatic N) is 2. The highest BCUT2D eigenvalue weighted by Crippen LogP contribution is 2.35. The summed E-state index contributed by atoms with van der Waals surface area (Å²) in [5, 5.41) is 0.673. The molecule has 1 aromatic carbocycles. The molecule has 0 saturated heterocycles. The molecule has 0 bridgehead atoms. The highest BCUT2D eigenvalue weighted by atomic mass is 35.5. The molecule has 0 N–H and O–H groups in total. The van der Waals surface area contributed by atoms with Gasteiger partial charge in [-0.3, -0.25) is 0 Å². The first kappa shape index (κ1) is 16.2. The number of ether oxygens (including phenoxy) is 1. The molecule has 0 atom stereocenters. The van der Waals surface area contributed by atoms with E-state index in [2.05, 4.69) is 9.97 Å². The molecule has 0 unspecified atom stereocenters. The van der Waals surface area contributed by atoms with Crippen molar-refractivity contribution in [3.63, 3.8) is 0 Å². The fraction of sp³-hybridized carbons (Fsp3) is 0.375. The number of halogens is 2. The topological polar surface area (TPSA) is 35.0 Å². The predicted octanol–water partition coefficient (Wildman–Crippen LogP) is 5.03. The van der Waals surface area contributed by atoms with Gasteiger partial charge in [-0.1, -0.05) is 53.0 Å². The first-order valence-corrected chi connectivity index (χ1v) is 7.55. The molecule has 0 aliphatic carbocycles. The third-order valence-corrected chi connectivity index (χ3v) is 3.72. The van der Waals surface area contributed by atoms with Crippen LogP contribution in [0.4, 0.5) is 0 Å². The average molecular weight is 325 g/mol. The van der Waals surface area contributed by atoms with Crippen LogP contribution < -0.4 is 0 Å². The Bertz CT molecular complexity index is 633. The Morgan fingerprint density at radius 1 is 1.14 bits per heavy atom. The van der Waals surface area contributed by atoms with Gasteiger partial charge in [0.1, 0.15) is 15.9 Å². The second-order valence-electron chi connectivity index (χ2n) is 5.32. The van der Waals surface area contributed by atoms with Crippen molar-refractivity contribution in [2.45, 2.75) is 33.3 Å². The summed E-state index contributed by atoms with van der Waals surface area (Å²) in [6.45, 7) is 8.28. The zero-order chi connectivity index (χ0) is 15.6. The van der Waals surface area contributed by atoms with E-state index in [1.54, 1.807) is 0 Å². The molecule has 112 valence electrons. The average Bonchev–Trinajstić information content (AvgIpc) is 2.37. The minimum Gasteiger partial charge on any atom is -0.368 e. The second kappa shape index (κ2) is 6.30. The zero-order valence-corrected chi connectivity index (χ0v) is 14.1. The van der Waals surface area contributed by atoms with Crippen molar-refractivity contribution in [3.8, 4) is 11.1 Å². The molecule has 0 fully saturated rings. The van der Waals surface area contributed by atoms with Crippen molar-refractivity contribution in [2.75, 3.05) is 6.61 Å². The number of aromatic nitrogens is 2. The van der Waals surface area contributed by atoms with E-state index in [0.717, 1.165) is 11.1 Å². The van der Waals surface area contributed by atoms with Crippen LogP contribution in [0.3, 0.4) is 0 Å². The standard InChI is InChI=1S/C16H18Cl2N2O/c1-5-21-16(3,4)15-19-13(17)12(14(18)20-15)11-8-6-7-10(2)9-11/h6-9H,5H2,1-4H3. The Hall–Kier alpha value is -1.16. The van der Waals surface area contributed by atoms with Gasteiger partial charge in [0.15, 0.2) is 5.82 Å². The molecule has 3 nitrogen and oxygen atoms in total. The van der Waals surface area contributed by atoms with Crippen LogP contribution in [0, 0.1) is 6.92 Å². The number of aryl methyl sites for hydroxylation is 1. The summed E-state index contributed by atoms with van der Waals surface area (Å²) in [5.41, 5.74) is 2.05. The maximum atomic E-state index is 6.34. The summed E-state index contributed by atoms with van der Waals surface area (Å²) < 4.78 is 5.65. The van der Waals surface area contributed by atoms with Gasteiger partial charge in [-0.2, -0.15) is 0 Å². The first-order valence-electron chi connectivity index (χ1n) is 6.79. The SMILES string of the molecule is CCOC(C)(C)c1nc(Cl)c(-c2cccc(C)c2)c(Cl)n1. The van der Waals surface area contributed by atoms with E-state index in [9.17, 15) is 0 Å². The van der Waals surface area contributed by atoms with E-state index >= 15 is 0 Å². The molecule has 1 heterocycles. The molecule has 2 rings (SSSR count). The first-order chi connectivity index (χ1) is 9.85. The van der Waals surface area contributed by atoms with E-state index in [-0.39, 0.29) is 0 Å². The van der Waals surface area contributed by atoms with Crippen LogP contribution in [0.15, 0.2) is 24.3 Å². The Labute approximate surface area is 135 Å². The van der Waals surface area contributed by atoms with Gasteiger partial charge in [-0.25, -0.2) is 9.97 Å². The van der Waals surface area contributed by atoms with Crippen LogP contribution in [-0.4, -0.2) is 16.6 Å². The molecule has 0 aliphatic rings. The molecule has 21 heavy (non-hydrogen) atoms.